The van der Waals surface area contributed by atoms with Crippen molar-refractivity contribution in [3.63, 3.8) is 0 Å². The maximum absolute atomic E-state index is 5.93. The second-order valence-corrected chi connectivity index (χ2v) is 7.50. The van der Waals surface area contributed by atoms with Crippen LogP contribution in [0.5, 0.6) is 0 Å². The van der Waals surface area contributed by atoms with Crippen LogP contribution in [0.4, 0.5) is 0 Å². The first kappa shape index (κ1) is 20.9. The molecule has 7 nitrogen and oxygen atoms in total. The van der Waals surface area contributed by atoms with Gasteiger partial charge in [0.15, 0.2) is 5.96 Å². The summed E-state index contributed by atoms with van der Waals surface area (Å²) < 4.78 is 5.35. The van der Waals surface area contributed by atoms with Crippen LogP contribution in [0.2, 0.25) is 5.02 Å². The highest BCUT2D eigenvalue weighted by Gasteiger charge is 2.09. The van der Waals surface area contributed by atoms with Crippen molar-refractivity contribution in [2.75, 3.05) is 19.6 Å². The first-order valence-corrected chi connectivity index (χ1v) is 10.8. The number of fused-ring (bicyclic) bond motifs is 1. The molecule has 0 fully saturated rings. The third-order valence-electron chi connectivity index (χ3n) is 4.87. The van der Waals surface area contributed by atoms with Crippen LogP contribution in [0.15, 0.2) is 64.2 Å². The molecule has 8 heteroatoms. The maximum Gasteiger partial charge on any atom is 0.228 e. The van der Waals surface area contributed by atoms with E-state index in [-0.39, 0.29) is 0 Å². The molecule has 2 heterocycles. The molecule has 0 aliphatic carbocycles. The minimum absolute atomic E-state index is 0.546. The summed E-state index contributed by atoms with van der Waals surface area (Å²) in [6.45, 7) is 4.17. The van der Waals surface area contributed by atoms with Crippen molar-refractivity contribution in [3.8, 4) is 11.4 Å². The minimum Gasteiger partial charge on any atom is -0.361 e. The van der Waals surface area contributed by atoms with Gasteiger partial charge in [0.25, 0.3) is 0 Å². The van der Waals surface area contributed by atoms with E-state index in [4.69, 9.17) is 16.1 Å². The molecule has 0 saturated carbocycles. The second kappa shape index (κ2) is 10.1. The van der Waals surface area contributed by atoms with Gasteiger partial charge in [0, 0.05) is 47.2 Å². The first-order chi connectivity index (χ1) is 15.2. The van der Waals surface area contributed by atoms with Crippen molar-refractivity contribution < 1.29 is 4.52 Å². The van der Waals surface area contributed by atoms with Gasteiger partial charge in [-0.15, -0.1) is 0 Å². The Balaban J connectivity index is 1.30. The van der Waals surface area contributed by atoms with Crippen LogP contribution < -0.4 is 10.6 Å². The number of hydrogen-bond acceptors (Lipinski definition) is 4. The molecule has 0 spiro atoms. The molecule has 0 amide bonds. The van der Waals surface area contributed by atoms with E-state index in [0.29, 0.717) is 29.7 Å². The summed E-state index contributed by atoms with van der Waals surface area (Å²) in [7, 11) is 0. The van der Waals surface area contributed by atoms with E-state index < -0.39 is 0 Å². The number of rotatable bonds is 8. The molecule has 3 N–H and O–H groups in total. The molecular formula is C23H25ClN6O. The Kier molecular flexibility index (Phi) is 6.84. The lowest BCUT2D eigenvalue weighted by atomic mass is 10.1. The predicted octanol–water partition coefficient (Wildman–Crippen LogP) is 4.21. The summed E-state index contributed by atoms with van der Waals surface area (Å²) in [6, 6.07) is 15.7. The lowest BCUT2D eigenvalue weighted by Crippen LogP contribution is -2.38. The minimum atomic E-state index is 0.546. The predicted molar refractivity (Wildman–Crippen MR) is 124 cm³/mol. The van der Waals surface area contributed by atoms with Gasteiger partial charge in [-0.3, -0.25) is 4.99 Å². The smallest absolute Gasteiger partial charge is 0.228 e. The number of guanidine groups is 1. The molecule has 0 unspecified atom stereocenters. The van der Waals surface area contributed by atoms with Crippen molar-refractivity contribution in [3.05, 3.63) is 71.2 Å². The van der Waals surface area contributed by atoms with E-state index in [9.17, 15) is 0 Å². The van der Waals surface area contributed by atoms with Gasteiger partial charge in [0.2, 0.25) is 11.7 Å². The van der Waals surface area contributed by atoms with Gasteiger partial charge in [-0.25, -0.2) is 0 Å². The average Bonchev–Trinajstić information content (AvgIpc) is 3.42. The van der Waals surface area contributed by atoms with Crippen LogP contribution in [0, 0.1) is 0 Å². The zero-order chi connectivity index (χ0) is 21.5. The van der Waals surface area contributed by atoms with E-state index in [1.165, 1.54) is 10.9 Å². The molecule has 0 aliphatic rings. The highest BCUT2D eigenvalue weighted by molar-refractivity contribution is 6.30. The molecule has 0 bridgehead atoms. The Morgan fingerprint density at radius 3 is 2.77 bits per heavy atom. The summed E-state index contributed by atoms with van der Waals surface area (Å²) in [5.41, 5.74) is 3.32. The van der Waals surface area contributed by atoms with Gasteiger partial charge < -0.3 is 20.1 Å². The van der Waals surface area contributed by atoms with E-state index in [1.54, 1.807) is 0 Å². The van der Waals surface area contributed by atoms with Gasteiger partial charge in [-0.05, 0) is 49.2 Å². The van der Waals surface area contributed by atoms with Crippen LogP contribution >= 0.6 is 11.6 Å². The summed E-state index contributed by atoms with van der Waals surface area (Å²) in [6.07, 6.45) is 3.55. The topological polar surface area (TPSA) is 91.1 Å². The summed E-state index contributed by atoms with van der Waals surface area (Å²) in [4.78, 5) is 12.4. The number of hydrogen-bond donors (Lipinski definition) is 3. The van der Waals surface area contributed by atoms with Crippen molar-refractivity contribution >= 4 is 28.5 Å². The van der Waals surface area contributed by atoms with Crippen molar-refractivity contribution in [2.45, 2.75) is 19.8 Å². The molecule has 4 rings (SSSR count). The third kappa shape index (κ3) is 5.44. The van der Waals surface area contributed by atoms with E-state index in [0.717, 1.165) is 36.6 Å². The molecule has 0 radical (unpaired) electrons. The number of nitrogens with one attached hydrogen (secondary N) is 3. The van der Waals surface area contributed by atoms with E-state index in [2.05, 4.69) is 55.1 Å². The number of para-hydroxylation sites is 1. The fraction of sp³-hybridized carbons (Fsp3) is 0.261. The number of aromatic amines is 1. The first-order valence-electron chi connectivity index (χ1n) is 10.4. The SMILES string of the molecule is CCNC(=NCCc1nc(-c2ccc(Cl)cc2)no1)NCCc1c[nH]c2ccccc12. The second-order valence-electron chi connectivity index (χ2n) is 7.07. The number of H-pyrrole nitrogens is 1. The lowest BCUT2D eigenvalue weighted by molar-refractivity contribution is 0.380. The molecule has 4 aromatic rings. The maximum atomic E-state index is 5.93. The van der Waals surface area contributed by atoms with Crippen molar-refractivity contribution in [2.24, 2.45) is 4.99 Å². The number of aromatic nitrogens is 3. The molecule has 160 valence electrons. The van der Waals surface area contributed by atoms with Crippen LogP contribution in [0.1, 0.15) is 18.4 Å². The highest BCUT2D eigenvalue weighted by Crippen LogP contribution is 2.19. The summed E-state index contributed by atoms with van der Waals surface area (Å²) >= 11 is 5.93. The number of halogens is 1. The molecule has 31 heavy (non-hydrogen) atoms. The zero-order valence-corrected chi connectivity index (χ0v) is 18.1. The normalized spacial score (nSPS) is 11.7. The average molecular weight is 437 g/mol. The van der Waals surface area contributed by atoms with Gasteiger partial charge in [0.1, 0.15) is 0 Å². The van der Waals surface area contributed by atoms with Crippen LogP contribution in [-0.2, 0) is 12.8 Å². The van der Waals surface area contributed by atoms with Crippen LogP contribution in [-0.4, -0.2) is 40.7 Å². The number of nitrogens with zero attached hydrogens (tertiary/aromatic N) is 3. The highest BCUT2D eigenvalue weighted by atomic mass is 35.5. The van der Waals surface area contributed by atoms with Gasteiger partial charge in [-0.1, -0.05) is 35.0 Å². The Morgan fingerprint density at radius 2 is 1.94 bits per heavy atom. The quantitative estimate of drug-likeness (QED) is 0.284. The van der Waals surface area contributed by atoms with Crippen LogP contribution in [0.3, 0.4) is 0 Å². The molecule has 0 atom stereocenters. The fourth-order valence-electron chi connectivity index (χ4n) is 3.33. The number of benzene rings is 2. The lowest BCUT2D eigenvalue weighted by Gasteiger charge is -2.10. The molecule has 2 aromatic heterocycles. The van der Waals surface area contributed by atoms with E-state index in [1.807, 2.05) is 37.3 Å². The third-order valence-corrected chi connectivity index (χ3v) is 5.12. The monoisotopic (exact) mass is 436 g/mol. The Labute approximate surface area is 185 Å². The van der Waals surface area contributed by atoms with Gasteiger partial charge >= 0.3 is 0 Å². The molecular weight excluding hydrogens is 412 g/mol. The Bertz CT molecular complexity index is 1150. The standard InChI is InChI=1S/C23H25ClN6O/c1-2-25-23(26-13-11-17-15-28-20-6-4-3-5-19(17)20)27-14-12-21-29-22(30-31-21)16-7-9-18(24)10-8-16/h3-10,15,28H,2,11-14H2,1H3,(H2,25,26,27). The van der Waals surface area contributed by atoms with Crippen LogP contribution in [0.25, 0.3) is 22.3 Å². The molecule has 0 aliphatic heterocycles. The van der Waals surface area contributed by atoms with E-state index >= 15 is 0 Å². The zero-order valence-electron chi connectivity index (χ0n) is 17.4. The van der Waals surface area contributed by atoms with Gasteiger partial charge in [0.05, 0.1) is 6.54 Å². The summed E-state index contributed by atoms with van der Waals surface area (Å²) in [5, 5.41) is 12.6. The Morgan fingerprint density at radius 1 is 1.10 bits per heavy atom. The largest absolute Gasteiger partial charge is 0.361 e. The number of aliphatic imine (C=N–C) groups is 1. The van der Waals surface area contributed by atoms with Gasteiger partial charge in [-0.2, -0.15) is 4.98 Å². The fourth-order valence-corrected chi connectivity index (χ4v) is 3.46. The Hall–Kier alpha value is -3.32. The molecule has 0 saturated heterocycles. The molecule has 2 aromatic carbocycles. The van der Waals surface area contributed by atoms with Crippen molar-refractivity contribution in [1.82, 2.24) is 25.8 Å². The van der Waals surface area contributed by atoms with Crippen molar-refractivity contribution in [1.29, 1.82) is 0 Å². The summed E-state index contributed by atoms with van der Waals surface area (Å²) in [5.74, 6) is 1.89.